The molecule has 13 heavy (non-hydrogen) atoms. The summed E-state index contributed by atoms with van der Waals surface area (Å²) in [6.45, 7) is 1.90. The van der Waals surface area contributed by atoms with Gasteiger partial charge in [0, 0.05) is 0 Å². The maximum absolute atomic E-state index is 11.4. The Labute approximate surface area is 78.5 Å². The standard InChI is InChI=1S/C10H10O2S/c1-3-8-13(11,12)10-6-4-9(2)5-7-10/h1,4-7H,8H2,2H3. The van der Waals surface area contributed by atoms with E-state index in [1.54, 1.807) is 24.3 Å². The number of sulfone groups is 1. The highest BCUT2D eigenvalue weighted by Gasteiger charge is 2.11. The van der Waals surface area contributed by atoms with Crippen LogP contribution in [0, 0.1) is 19.3 Å². The van der Waals surface area contributed by atoms with Gasteiger partial charge in [0.05, 0.1) is 4.90 Å². The summed E-state index contributed by atoms with van der Waals surface area (Å²) in [6, 6.07) is 6.65. The van der Waals surface area contributed by atoms with E-state index in [1.807, 2.05) is 6.92 Å². The van der Waals surface area contributed by atoms with Gasteiger partial charge in [0.1, 0.15) is 5.75 Å². The number of benzene rings is 1. The van der Waals surface area contributed by atoms with Crippen LogP contribution in [0.4, 0.5) is 0 Å². The zero-order chi connectivity index (χ0) is 9.90. The molecular formula is C10H10O2S. The molecule has 0 aliphatic carbocycles. The first-order valence-corrected chi connectivity index (χ1v) is 5.44. The monoisotopic (exact) mass is 194 g/mol. The molecule has 2 nitrogen and oxygen atoms in total. The Morgan fingerprint density at radius 3 is 2.31 bits per heavy atom. The second kappa shape index (κ2) is 3.63. The van der Waals surface area contributed by atoms with E-state index in [0.29, 0.717) is 0 Å². The summed E-state index contributed by atoms with van der Waals surface area (Å²) < 4.78 is 22.8. The van der Waals surface area contributed by atoms with E-state index in [9.17, 15) is 8.42 Å². The molecule has 0 aromatic heterocycles. The molecule has 0 radical (unpaired) electrons. The highest BCUT2D eigenvalue weighted by molar-refractivity contribution is 7.91. The van der Waals surface area contributed by atoms with Gasteiger partial charge < -0.3 is 0 Å². The van der Waals surface area contributed by atoms with Gasteiger partial charge in [-0.25, -0.2) is 8.42 Å². The van der Waals surface area contributed by atoms with E-state index in [1.165, 1.54) is 0 Å². The third-order valence-electron chi connectivity index (χ3n) is 1.65. The molecular weight excluding hydrogens is 184 g/mol. The smallest absolute Gasteiger partial charge is 0.189 e. The van der Waals surface area contributed by atoms with Gasteiger partial charge in [-0.1, -0.05) is 23.6 Å². The van der Waals surface area contributed by atoms with E-state index >= 15 is 0 Å². The van der Waals surface area contributed by atoms with Crippen molar-refractivity contribution in [2.45, 2.75) is 11.8 Å². The summed E-state index contributed by atoms with van der Waals surface area (Å²) >= 11 is 0. The topological polar surface area (TPSA) is 34.1 Å². The number of terminal acetylenes is 1. The second-order valence-electron chi connectivity index (χ2n) is 2.78. The highest BCUT2D eigenvalue weighted by atomic mass is 32.2. The normalized spacial score (nSPS) is 10.8. The molecule has 0 aliphatic rings. The van der Waals surface area contributed by atoms with Crippen molar-refractivity contribution in [2.75, 3.05) is 5.75 Å². The van der Waals surface area contributed by atoms with E-state index in [2.05, 4.69) is 5.92 Å². The number of rotatable bonds is 2. The minimum absolute atomic E-state index is 0.240. The predicted molar refractivity (Wildman–Crippen MR) is 52.1 cm³/mol. The van der Waals surface area contributed by atoms with Gasteiger partial charge in [-0.15, -0.1) is 6.42 Å². The Balaban J connectivity index is 3.11. The lowest BCUT2D eigenvalue weighted by molar-refractivity contribution is 0.599. The van der Waals surface area contributed by atoms with Gasteiger partial charge in [-0.3, -0.25) is 0 Å². The summed E-state index contributed by atoms with van der Waals surface area (Å²) in [4.78, 5) is 0.288. The molecule has 0 saturated carbocycles. The van der Waals surface area contributed by atoms with Gasteiger partial charge in [0.15, 0.2) is 9.84 Å². The number of hydrogen-bond donors (Lipinski definition) is 0. The zero-order valence-electron chi connectivity index (χ0n) is 7.32. The second-order valence-corrected chi connectivity index (χ2v) is 4.77. The first-order chi connectivity index (χ1) is 6.06. The molecule has 0 N–H and O–H groups in total. The van der Waals surface area contributed by atoms with Crippen molar-refractivity contribution in [3.8, 4) is 12.3 Å². The van der Waals surface area contributed by atoms with Gasteiger partial charge in [-0.05, 0) is 19.1 Å². The van der Waals surface area contributed by atoms with Gasteiger partial charge in [0.25, 0.3) is 0 Å². The van der Waals surface area contributed by atoms with Crippen LogP contribution in [-0.2, 0) is 9.84 Å². The van der Waals surface area contributed by atoms with Gasteiger partial charge in [-0.2, -0.15) is 0 Å². The van der Waals surface area contributed by atoms with Crippen molar-refractivity contribution in [1.29, 1.82) is 0 Å². The van der Waals surface area contributed by atoms with E-state index in [0.717, 1.165) is 5.56 Å². The summed E-state index contributed by atoms with van der Waals surface area (Å²) in [5.41, 5.74) is 1.03. The van der Waals surface area contributed by atoms with Crippen molar-refractivity contribution in [3.05, 3.63) is 29.8 Å². The fourth-order valence-electron chi connectivity index (χ4n) is 0.939. The largest absolute Gasteiger partial charge is 0.223 e. The lowest BCUT2D eigenvalue weighted by Gasteiger charge is -1.99. The SMILES string of the molecule is C#CCS(=O)(=O)c1ccc(C)cc1. The first-order valence-electron chi connectivity index (χ1n) is 3.79. The molecule has 0 heterocycles. The lowest BCUT2D eigenvalue weighted by Crippen LogP contribution is -2.04. The molecule has 0 unspecified atom stereocenters. The van der Waals surface area contributed by atoms with Crippen LogP contribution in [0.2, 0.25) is 0 Å². The van der Waals surface area contributed by atoms with Crippen LogP contribution in [-0.4, -0.2) is 14.2 Å². The van der Waals surface area contributed by atoms with Crippen molar-refractivity contribution in [1.82, 2.24) is 0 Å². The Hall–Kier alpha value is -1.27. The Kier molecular flexibility index (Phi) is 2.74. The van der Waals surface area contributed by atoms with Crippen molar-refractivity contribution < 1.29 is 8.42 Å². The number of hydrogen-bond acceptors (Lipinski definition) is 2. The zero-order valence-corrected chi connectivity index (χ0v) is 8.14. The average molecular weight is 194 g/mol. The molecule has 1 rings (SSSR count). The Bertz CT molecular complexity index is 421. The Morgan fingerprint density at radius 2 is 1.85 bits per heavy atom. The third kappa shape index (κ3) is 2.33. The summed E-state index contributed by atoms with van der Waals surface area (Å²) in [5, 5.41) is 0. The van der Waals surface area contributed by atoms with Crippen LogP contribution >= 0.6 is 0 Å². The Morgan fingerprint density at radius 1 is 1.31 bits per heavy atom. The minimum Gasteiger partial charge on any atom is -0.223 e. The average Bonchev–Trinajstić information content (AvgIpc) is 2.05. The molecule has 0 fully saturated rings. The number of aryl methyl sites for hydroxylation is 1. The van der Waals surface area contributed by atoms with Gasteiger partial charge in [0.2, 0.25) is 0 Å². The lowest BCUT2D eigenvalue weighted by atomic mass is 10.2. The molecule has 0 saturated heterocycles. The molecule has 1 aromatic rings. The maximum Gasteiger partial charge on any atom is 0.189 e. The molecule has 3 heteroatoms. The summed E-state index contributed by atoms with van der Waals surface area (Å²) in [5.74, 6) is 1.89. The van der Waals surface area contributed by atoms with E-state index < -0.39 is 9.84 Å². The first kappa shape index (κ1) is 9.82. The fourth-order valence-corrected chi connectivity index (χ4v) is 1.88. The van der Waals surface area contributed by atoms with Crippen LogP contribution in [0.15, 0.2) is 29.2 Å². The molecule has 0 bridgehead atoms. The van der Waals surface area contributed by atoms with Crippen LogP contribution < -0.4 is 0 Å². The predicted octanol–water partition coefficient (Wildman–Crippen LogP) is 1.40. The quantitative estimate of drug-likeness (QED) is 0.667. The maximum atomic E-state index is 11.4. The molecule has 0 aliphatic heterocycles. The molecule has 68 valence electrons. The van der Waals surface area contributed by atoms with Crippen LogP contribution in [0.5, 0.6) is 0 Å². The summed E-state index contributed by atoms with van der Waals surface area (Å²) in [7, 11) is -3.26. The third-order valence-corrected chi connectivity index (χ3v) is 3.19. The van der Waals surface area contributed by atoms with Crippen molar-refractivity contribution in [3.63, 3.8) is 0 Å². The molecule has 1 aromatic carbocycles. The van der Waals surface area contributed by atoms with Crippen molar-refractivity contribution in [2.24, 2.45) is 0 Å². The molecule has 0 atom stereocenters. The van der Waals surface area contributed by atoms with Crippen LogP contribution in [0.25, 0.3) is 0 Å². The van der Waals surface area contributed by atoms with Gasteiger partial charge >= 0.3 is 0 Å². The fraction of sp³-hybridized carbons (Fsp3) is 0.200. The van der Waals surface area contributed by atoms with Crippen LogP contribution in [0.3, 0.4) is 0 Å². The highest BCUT2D eigenvalue weighted by Crippen LogP contribution is 2.11. The van der Waals surface area contributed by atoms with E-state index in [4.69, 9.17) is 6.42 Å². The van der Waals surface area contributed by atoms with E-state index in [-0.39, 0.29) is 10.6 Å². The summed E-state index contributed by atoms with van der Waals surface area (Å²) in [6.07, 6.45) is 4.95. The molecule has 0 spiro atoms. The minimum atomic E-state index is -3.26. The van der Waals surface area contributed by atoms with Crippen LogP contribution in [0.1, 0.15) is 5.56 Å². The van der Waals surface area contributed by atoms with Crippen molar-refractivity contribution >= 4 is 9.84 Å². The molecule has 0 amide bonds.